The van der Waals surface area contributed by atoms with Crippen molar-refractivity contribution >= 4 is 34.4 Å². The average molecular weight is 572 g/mol. The smallest absolute Gasteiger partial charge is 0.261 e. The first-order chi connectivity index (χ1) is 19.9. The molecule has 2 atom stereocenters. The quantitative estimate of drug-likeness (QED) is 0.241. The Kier molecular flexibility index (Phi) is 11.0. The van der Waals surface area contributed by atoms with E-state index in [4.69, 9.17) is 5.73 Å². The van der Waals surface area contributed by atoms with Crippen molar-refractivity contribution in [2.24, 2.45) is 5.73 Å². The minimum atomic E-state index is -0.956. The number of rotatable bonds is 11. The lowest BCUT2D eigenvalue weighted by Gasteiger charge is -2.34. The van der Waals surface area contributed by atoms with E-state index < -0.39 is 35.3 Å². The third kappa shape index (κ3) is 9.27. The van der Waals surface area contributed by atoms with Crippen LogP contribution in [0.3, 0.4) is 0 Å². The van der Waals surface area contributed by atoms with Crippen LogP contribution in [0.15, 0.2) is 84.9 Å². The van der Waals surface area contributed by atoms with E-state index in [9.17, 15) is 19.2 Å². The zero-order valence-corrected chi connectivity index (χ0v) is 25.0. The number of carbonyl (C=O) groups is 4. The van der Waals surface area contributed by atoms with Crippen LogP contribution in [0.5, 0.6) is 0 Å². The number of nitrogens with zero attached hydrogens (tertiary/aromatic N) is 2. The lowest BCUT2D eigenvalue weighted by atomic mass is 9.98. The van der Waals surface area contributed by atoms with Gasteiger partial charge in [0.25, 0.3) is 5.91 Å². The molecule has 4 N–H and O–H groups in total. The number of fused-ring (bicyclic) bond motifs is 1. The maximum atomic E-state index is 14.2. The Morgan fingerprint density at radius 2 is 1.43 bits per heavy atom. The summed E-state index contributed by atoms with van der Waals surface area (Å²) in [5.74, 6) is -1.75. The molecule has 0 aliphatic rings. The number of nitrogens with two attached hydrogens (primary N) is 1. The molecule has 0 aliphatic carbocycles. The van der Waals surface area contributed by atoms with Crippen molar-refractivity contribution < 1.29 is 19.2 Å². The van der Waals surface area contributed by atoms with Crippen LogP contribution in [0.1, 0.15) is 38.3 Å². The SMILES string of the molecule is CC(=O)NNC(=O)[C@@H](Cc1ccccc1)N(C)C(=O)[C@@H](Cc1ccc2ccccc2c1)N(C)C(=O)C=CCC(C)(C)N. The lowest BCUT2D eigenvalue weighted by molar-refractivity contribution is -0.146. The van der Waals surface area contributed by atoms with Gasteiger partial charge in [-0.15, -0.1) is 0 Å². The van der Waals surface area contributed by atoms with Crippen molar-refractivity contribution in [1.82, 2.24) is 20.7 Å². The van der Waals surface area contributed by atoms with E-state index in [2.05, 4.69) is 10.9 Å². The largest absolute Gasteiger partial charge is 0.332 e. The molecule has 0 heterocycles. The van der Waals surface area contributed by atoms with E-state index in [1.165, 1.54) is 22.8 Å². The fourth-order valence-electron chi connectivity index (χ4n) is 4.58. The van der Waals surface area contributed by atoms with Gasteiger partial charge in [0.05, 0.1) is 0 Å². The van der Waals surface area contributed by atoms with Gasteiger partial charge in [0, 0.05) is 39.4 Å². The summed E-state index contributed by atoms with van der Waals surface area (Å²) in [5.41, 5.74) is 12.0. The van der Waals surface area contributed by atoms with Gasteiger partial charge < -0.3 is 15.5 Å². The summed E-state index contributed by atoms with van der Waals surface area (Å²) in [4.78, 5) is 54.9. The molecule has 0 saturated heterocycles. The predicted molar refractivity (Wildman–Crippen MR) is 165 cm³/mol. The van der Waals surface area contributed by atoms with E-state index in [0.29, 0.717) is 6.42 Å². The molecule has 0 bridgehead atoms. The van der Waals surface area contributed by atoms with Gasteiger partial charge in [-0.05, 0) is 48.2 Å². The summed E-state index contributed by atoms with van der Waals surface area (Å²) >= 11 is 0. The Bertz CT molecular complexity index is 1430. The van der Waals surface area contributed by atoms with Gasteiger partial charge in [0.1, 0.15) is 12.1 Å². The topological polar surface area (TPSA) is 125 Å². The van der Waals surface area contributed by atoms with Crippen LogP contribution in [0.2, 0.25) is 0 Å². The summed E-state index contributed by atoms with van der Waals surface area (Å²) in [6, 6.07) is 21.3. The van der Waals surface area contributed by atoms with E-state index in [1.807, 2.05) is 86.6 Å². The van der Waals surface area contributed by atoms with E-state index in [0.717, 1.165) is 21.9 Å². The number of hydrazine groups is 1. The Hall–Kier alpha value is -4.50. The van der Waals surface area contributed by atoms with Crippen LogP contribution in [0.4, 0.5) is 0 Å². The second-order valence-corrected chi connectivity index (χ2v) is 11.3. The molecule has 9 heteroatoms. The summed E-state index contributed by atoms with van der Waals surface area (Å²) in [6.07, 6.45) is 4.07. The molecular formula is C33H41N5O4. The Morgan fingerprint density at radius 3 is 2.07 bits per heavy atom. The third-order valence-corrected chi connectivity index (χ3v) is 7.00. The number of likely N-dealkylation sites (N-methyl/N-ethyl adjacent to an activating group) is 2. The van der Waals surface area contributed by atoms with E-state index in [-0.39, 0.29) is 18.7 Å². The summed E-state index contributed by atoms with van der Waals surface area (Å²) in [5, 5.41) is 2.08. The molecule has 0 saturated carbocycles. The van der Waals surface area contributed by atoms with E-state index >= 15 is 0 Å². The van der Waals surface area contributed by atoms with Crippen LogP contribution in [-0.4, -0.2) is 65.1 Å². The molecule has 0 fully saturated rings. The van der Waals surface area contributed by atoms with Crippen molar-refractivity contribution in [3.8, 4) is 0 Å². The van der Waals surface area contributed by atoms with Crippen LogP contribution < -0.4 is 16.6 Å². The molecule has 0 aliphatic heterocycles. The maximum absolute atomic E-state index is 14.2. The predicted octanol–water partition coefficient (Wildman–Crippen LogP) is 3.13. The van der Waals surface area contributed by atoms with Crippen LogP contribution >= 0.6 is 0 Å². The normalized spacial score (nSPS) is 12.9. The number of benzene rings is 3. The van der Waals surface area contributed by atoms with Gasteiger partial charge in [-0.2, -0.15) is 0 Å². The average Bonchev–Trinajstić information content (AvgIpc) is 2.96. The molecule has 0 radical (unpaired) electrons. The molecule has 9 nitrogen and oxygen atoms in total. The number of amides is 4. The first kappa shape index (κ1) is 32.0. The third-order valence-electron chi connectivity index (χ3n) is 7.00. The molecule has 0 aromatic heterocycles. The highest BCUT2D eigenvalue weighted by atomic mass is 16.2. The molecular weight excluding hydrogens is 530 g/mol. The van der Waals surface area contributed by atoms with Crippen molar-refractivity contribution in [3.63, 3.8) is 0 Å². The van der Waals surface area contributed by atoms with Crippen molar-refractivity contribution in [2.75, 3.05) is 14.1 Å². The molecule has 42 heavy (non-hydrogen) atoms. The number of carbonyl (C=O) groups excluding carboxylic acids is 4. The Labute approximate surface area is 247 Å². The second kappa shape index (κ2) is 14.4. The van der Waals surface area contributed by atoms with Crippen molar-refractivity contribution in [3.05, 3.63) is 96.1 Å². The molecule has 3 rings (SSSR count). The molecule has 0 spiro atoms. The van der Waals surface area contributed by atoms with Gasteiger partial charge in [-0.25, -0.2) is 0 Å². The molecule has 4 amide bonds. The lowest BCUT2D eigenvalue weighted by Crippen LogP contribution is -2.57. The van der Waals surface area contributed by atoms with Gasteiger partial charge in [0.2, 0.25) is 17.7 Å². The second-order valence-electron chi connectivity index (χ2n) is 11.3. The number of nitrogens with one attached hydrogen (secondary N) is 2. The Balaban J connectivity index is 1.95. The van der Waals surface area contributed by atoms with Gasteiger partial charge in [0.15, 0.2) is 0 Å². The summed E-state index contributed by atoms with van der Waals surface area (Å²) < 4.78 is 0. The number of hydrogen-bond donors (Lipinski definition) is 3. The van der Waals surface area contributed by atoms with Crippen LogP contribution in [0, 0.1) is 0 Å². The van der Waals surface area contributed by atoms with Crippen molar-refractivity contribution in [2.45, 2.75) is 57.7 Å². The first-order valence-corrected chi connectivity index (χ1v) is 13.9. The van der Waals surface area contributed by atoms with Crippen LogP contribution in [0.25, 0.3) is 10.8 Å². The fraction of sp³-hybridized carbons (Fsp3) is 0.333. The summed E-state index contributed by atoms with van der Waals surface area (Å²) in [7, 11) is 3.13. The van der Waals surface area contributed by atoms with Gasteiger partial charge in [-0.1, -0.05) is 78.9 Å². The zero-order chi connectivity index (χ0) is 30.9. The first-order valence-electron chi connectivity index (χ1n) is 13.9. The fourth-order valence-corrected chi connectivity index (χ4v) is 4.58. The minimum absolute atomic E-state index is 0.209. The minimum Gasteiger partial charge on any atom is -0.332 e. The van der Waals surface area contributed by atoms with E-state index in [1.54, 1.807) is 20.2 Å². The van der Waals surface area contributed by atoms with Gasteiger partial charge in [-0.3, -0.25) is 30.0 Å². The molecule has 0 unspecified atom stereocenters. The molecule has 222 valence electrons. The molecule has 3 aromatic rings. The van der Waals surface area contributed by atoms with Crippen LogP contribution in [-0.2, 0) is 32.0 Å². The number of hydrogen-bond acceptors (Lipinski definition) is 5. The standard InChI is InChI=1S/C33H41N5O4/c1-23(39)35-36-31(41)28(21-24-12-7-6-8-13-24)38(5)32(42)29(37(4)30(40)16-11-19-33(2,3)34)22-25-17-18-26-14-9-10-15-27(26)20-25/h6-18,20,28-29H,19,21-22,34H2,1-5H3,(H,35,39)(H,36,41)/t28-,29-/m1/s1. The highest BCUT2D eigenvalue weighted by Crippen LogP contribution is 2.20. The summed E-state index contributed by atoms with van der Waals surface area (Å²) in [6.45, 7) is 5.01. The monoisotopic (exact) mass is 571 g/mol. The maximum Gasteiger partial charge on any atom is 0.261 e. The van der Waals surface area contributed by atoms with Crippen molar-refractivity contribution in [1.29, 1.82) is 0 Å². The highest BCUT2D eigenvalue weighted by Gasteiger charge is 2.35. The highest BCUT2D eigenvalue weighted by molar-refractivity contribution is 5.95. The van der Waals surface area contributed by atoms with Gasteiger partial charge >= 0.3 is 0 Å². The molecule has 3 aromatic carbocycles. The Morgan fingerprint density at radius 1 is 0.810 bits per heavy atom. The zero-order valence-electron chi connectivity index (χ0n) is 25.0.